The molecule has 1 saturated heterocycles. The average molecular weight is 631 g/mol. The maximum atomic E-state index is 15.4. The standard InChI is InChI=1S/C32H31FN6O5S/c1-32(2,3)20-14-19-16-35-39(31(42)28(19)24(33)15-20)26-7-5-6-25(23(26)18-40)38-17-22(30(41)34-4)21-8-9-27(36-29(21)38)37-10-12-45(43,44)13-11-37/h5-9,14-17,40H,4,10-13,18H2,1-3H3. The van der Waals surface area contributed by atoms with Gasteiger partial charge in [-0.2, -0.15) is 9.78 Å². The van der Waals surface area contributed by atoms with Crippen molar-refractivity contribution in [2.45, 2.75) is 32.8 Å². The summed E-state index contributed by atoms with van der Waals surface area (Å²) in [5, 5.41) is 15.7. The Morgan fingerprint density at radius 3 is 2.49 bits per heavy atom. The molecule has 3 aromatic heterocycles. The van der Waals surface area contributed by atoms with Crippen molar-refractivity contribution in [2.75, 3.05) is 29.5 Å². The highest BCUT2D eigenvalue weighted by molar-refractivity contribution is 7.91. The SMILES string of the molecule is C=NC(=O)c1cn(-c2cccc(-n3ncc4cc(C(C)(C)C)cc(F)c4c3=O)c2CO)c2nc(N3CCS(=O)(=O)CC3)ccc12. The van der Waals surface area contributed by atoms with Crippen molar-refractivity contribution in [3.63, 3.8) is 0 Å². The number of aliphatic hydroxyl groups excluding tert-OH is 1. The zero-order valence-electron chi connectivity index (χ0n) is 25.0. The number of amides is 1. The van der Waals surface area contributed by atoms with Gasteiger partial charge in [0.2, 0.25) is 0 Å². The van der Waals surface area contributed by atoms with E-state index in [1.165, 1.54) is 18.5 Å². The number of aromatic nitrogens is 4. The van der Waals surface area contributed by atoms with Crippen LogP contribution in [0.2, 0.25) is 0 Å². The Bertz CT molecular complexity index is 2190. The molecule has 0 radical (unpaired) electrons. The molecule has 0 atom stereocenters. The summed E-state index contributed by atoms with van der Waals surface area (Å²) >= 11 is 0. The number of rotatable bonds is 5. The fraction of sp³-hybridized carbons (Fsp3) is 0.281. The topological polar surface area (TPSA) is 140 Å². The highest BCUT2D eigenvalue weighted by atomic mass is 32.2. The van der Waals surface area contributed by atoms with Crippen LogP contribution in [-0.2, 0) is 21.9 Å². The molecular formula is C32H31FN6O5S. The summed E-state index contributed by atoms with van der Waals surface area (Å²) in [4.78, 5) is 36.7. The van der Waals surface area contributed by atoms with Gasteiger partial charge in [0.1, 0.15) is 17.3 Å². The lowest BCUT2D eigenvalue weighted by molar-refractivity contribution is 0.100. The molecular weight excluding hydrogens is 599 g/mol. The quantitative estimate of drug-likeness (QED) is 0.290. The molecule has 2 aromatic carbocycles. The number of anilines is 1. The number of halogens is 1. The average Bonchev–Trinajstić information content (AvgIpc) is 3.38. The summed E-state index contributed by atoms with van der Waals surface area (Å²) in [5.41, 5.74) is 1.14. The molecule has 0 aliphatic carbocycles. The van der Waals surface area contributed by atoms with Crippen molar-refractivity contribution in [3.05, 3.63) is 87.7 Å². The van der Waals surface area contributed by atoms with Crippen LogP contribution in [0.15, 0.2) is 64.6 Å². The molecule has 0 saturated carbocycles. The van der Waals surface area contributed by atoms with E-state index in [2.05, 4.69) is 16.8 Å². The van der Waals surface area contributed by atoms with Crippen LogP contribution in [0.3, 0.4) is 0 Å². The first kappa shape index (κ1) is 30.3. The van der Waals surface area contributed by atoms with E-state index in [0.717, 1.165) is 10.2 Å². The van der Waals surface area contributed by atoms with Crippen molar-refractivity contribution in [2.24, 2.45) is 4.99 Å². The summed E-state index contributed by atoms with van der Waals surface area (Å²) in [6.45, 7) is 9.22. The van der Waals surface area contributed by atoms with Crippen LogP contribution in [0.4, 0.5) is 10.2 Å². The predicted octanol–water partition coefficient (Wildman–Crippen LogP) is 3.73. The Labute approximate surface area is 258 Å². The number of aliphatic imine (C=N–C) groups is 1. The van der Waals surface area contributed by atoms with Gasteiger partial charge in [-0.25, -0.2) is 22.8 Å². The monoisotopic (exact) mass is 630 g/mol. The normalized spacial score (nSPS) is 15.1. The Morgan fingerprint density at radius 1 is 1.11 bits per heavy atom. The second-order valence-electron chi connectivity index (χ2n) is 12.0. The van der Waals surface area contributed by atoms with Gasteiger partial charge in [0.25, 0.3) is 11.5 Å². The van der Waals surface area contributed by atoms with Crippen LogP contribution in [0.1, 0.15) is 42.3 Å². The van der Waals surface area contributed by atoms with Gasteiger partial charge in [-0.05, 0) is 54.1 Å². The molecule has 232 valence electrons. The lowest BCUT2D eigenvalue weighted by Gasteiger charge is -2.27. The summed E-state index contributed by atoms with van der Waals surface area (Å²) < 4.78 is 42.1. The third kappa shape index (κ3) is 5.31. The van der Waals surface area contributed by atoms with Crippen molar-refractivity contribution in [1.82, 2.24) is 19.3 Å². The van der Waals surface area contributed by atoms with Gasteiger partial charge in [-0.15, -0.1) is 0 Å². The molecule has 1 amide bonds. The molecule has 5 aromatic rings. The first-order valence-corrected chi connectivity index (χ1v) is 16.1. The Morgan fingerprint density at radius 2 is 1.82 bits per heavy atom. The lowest BCUT2D eigenvalue weighted by Crippen LogP contribution is -2.40. The molecule has 45 heavy (non-hydrogen) atoms. The molecule has 11 nitrogen and oxygen atoms in total. The van der Waals surface area contributed by atoms with Crippen molar-refractivity contribution >= 4 is 50.1 Å². The highest BCUT2D eigenvalue weighted by Gasteiger charge is 2.26. The maximum Gasteiger partial charge on any atom is 0.282 e. The zero-order chi connectivity index (χ0) is 32.3. The van der Waals surface area contributed by atoms with Crippen LogP contribution >= 0.6 is 0 Å². The molecule has 0 unspecified atom stereocenters. The molecule has 0 bridgehead atoms. The number of hydrogen-bond acceptors (Lipinski definition) is 8. The van der Waals surface area contributed by atoms with Crippen molar-refractivity contribution in [1.29, 1.82) is 0 Å². The molecule has 13 heteroatoms. The van der Waals surface area contributed by atoms with E-state index >= 15 is 4.39 Å². The summed E-state index contributed by atoms with van der Waals surface area (Å²) in [6, 6.07) is 11.5. The second kappa shape index (κ2) is 11.0. The number of nitrogens with zero attached hydrogens (tertiary/aromatic N) is 6. The maximum absolute atomic E-state index is 15.4. The van der Waals surface area contributed by atoms with E-state index in [1.54, 1.807) is 41.0 Å². The van der Waals surface area contributed by atoms with Crippen LogP contribution in [0, 0.1) is 5.82 Å². The largest absolute Gasteiger partial charge is 0.392 e. The van der Waals surface area contributed by atoms with E-state index in [-0.39, 0.29) is 52.2 Å². The molecule has 4 heterocycles. The van der Waals surface area contributed by atoms with Gasteiger partial charge >= 0.3 is 0 Å². The summed E-state index contributed by atoms with van der Waals surface area (Å²) in [7, 11) is -3.12. The summed E-state index contributed by atoms with van der Waals surface area (Å²) in [6.07, 6.45) is 2.95. The first-order chi connectivity index (χ1) is 21.3. The molecule has 1 aliphatic rings. The summed E-state index contributed by atoms with van der Waals surface area (Å²) in [5.74, 6) is -0.738. The fourth-order valence-corrected chi connectivity index (χ4v) is 6.84. The van der Waals surface area contributed by atoms with Gasteiger partial charge < -0.3 is 10.0 Å². The van der Waals surface area contributed by atoms with Gasteiger partial charge in [0.15, 0.2) is 9.84 Å². The Kier molecular flexibility index (Phi) is 7.40. The fourth-order valence-electron chi connectivity index (χ4n) is 5.64. The van der Waals surface area contributed by atoms with Crippen LogP contribution < -0.4 is 10.5 Å². The predicted molar refractivity (Wildman–Crippen MR) is 171 cm³/mol. The molecule has 1 fully saturated rings. The third-order valence-electron chi connectivity index (χ3n) is 8.16. The van der Waals surface area contributed by atoms with E-state index < -0.39 is 33.7 Å². The van der Waals surface area contributed by atoms with Gasteiger partial charge in [0, 0.05) is 35.6 Å². The zero-order valence-corrected chi connectivity index (χ0v) is 25.8. The number of sulfone groups is 1. The molecule has 0 spiro atoms. The van der Waals surface area contributed by atoms with E-state index in [4.69, 9.17) is 4.98 Å². The minimum Gasteiger partial charge on any atom is -0.392 e. The number of pyridine rings is 1. The Balaban J connectivity index is 1.54. The van der Waals surface area contributed by atoms with Crippen molar-refractivity contribution in [3.8, 4) is 11.4 Å². The minimum absolute atomic E-state index is 0.000175. The smallest absolute Gasteiger partial charge is 0.282 e. The van der Waals surface area contributed by atoms with Crippen molar-refractivity contribution < 1.29 is 22.7 Å². The van der Waals surface area contributed by atoms with Gasteiger partial charge in [-0.1, -0.05) is 26.8 Å². The molecule has 6 rings (SSSR count). The van der Waals surface area contributed by atoms with Gasteiger partial charge in [-0.3, -0.25) is 14.2 Å². The third-order valence-corrected chi connectivity index (χ3v) is 9.77. The number of aliphatic hydroxyl groups is 1. The lowest BCUT2D eigenvalue weighted by atomic mass is 9.86. The van der Waals surface area contributed by atoms with Crippen LogP contribution in [0.25, 0.3) is 33.2 Å². The second-order valence-corrected chi connectivity index (χ2v) is 14.3. The number of hydrogen-bond donors (Lipinski definition) is 1. The minimum atomic E-state index is -3.12. The van der Waals surface area contributed by atoms with E-state index in [1.807, 2.05) is 25.7 Å². The van der Waals surface area contributed by atoms with Crippen LogP contribution in [-0.4, -0.2) is 70.1 Å². The van der Waals surface area contributed by atoms with E-state index in [0.29, 0.717) is 27.9 Å². The Hall–Kier alpha value is -4.75. The molecule has 1 aliphatic heterocycles. The molecule has 1 N–H and O–H groups in total. The number of benzene rings is 2. The number of carbonyl (C=O) groups is 1. The highest BCUT2D eigenvalue weighted by Crippen LogP contribution is 2.31. The number of carbonyl (C=O) groups excluding carboxylic acids is 1. The van der Waals surface area contributed by atoms with Gasteiger partial charge in [0.05, 0.1) is 46.6 Å². The number of fused-ring (bicyclic) bond motifs is 2. The van der Waals surface area contributed by atoms with Crippen LogP contribution in [0.5, 0.6) is 0 Å². The first-order valence-electron chi connectivity index (χ1n) is 14.3. The van der Waals surface area contributed by atoms with E-state index in [9.17, 15) is 23.1 Å².